The van der Waals surface area contributed by atoms with Gasteiger partial charge in [-0.3, -0.25) is 0 Å². The summed E-state index contributed by atoms with van der Waals surface area (Å²) < 4.78 is 5.30. The quantitative estimate of drug-likeness (QED) is 0.880. The second kappa shape index (κ2) is 7.14. The van der Waals surface area contributed by atoms with E-state index in [2.05, 4.69) is 60.6 Å². The largest absolute Gasteiger partial charge is 0.497 e. The number of hydrogen-bond donors (Lipinski definition) is 1. The average molecular weight is 284 g/mol. The molecule has 0 saturated carbocycles. The zero-order valence-electron chi connectivity index (χ0n) is 13.3. The molecular weight excluding hydrogens is 260 g/mol. The molecule has 21 heavy (non-hydrogen) atoms. The lowest BCUT2D eigenvalue weighted by Gasteiger charge is -2.27. The second-order valence-corrected chi connectivity index (χ2v) is 5.28. The number of likely N-dealkylation sites (N-methyl/N-ethyl adjacent to an activating group) is 2. The number of hydrogen-bond acceptors (Lipinski definition) is 3. The predicted octanol–water partition coefficient (Wildman–Crippen LogP) is 3.40. The lowest BCUT2D eigenvalue weighted by molar-refractivity contribution is 0.414. The van der Waals surface area contributed by atoms with Gasteiger partial charge < -0.3 is 15.0 Å². The molecular formula is C18H24N2O. The van der Waals surface area contributed by atoms with Gasteiger partial charge >= 0.3 is 0 Å². The molecule has 2 aromatic rings. The predicted molar refractivity (Wildman–Crippen MR) is 89.2 cm³/mol. The molecule has 0 aliphatic carbocycles. The zero-order valence-corrected chi connectivity index (χ0v) is 13.3. The summed E-state index contributed by atoms with van der Waals surface area (Å²) in [5.41, 5.74) is 3.81. The van der Waals surface area contributed by atoms with Gasteiger partial charge in [0.1, 0.15) is 5.75 Å². The minimum atomic E-state index is 0.294. The molecule has 3 heteroatoms. The number of anilines is 1. The molecule has 0 aromatic heterocycles. The van der Waals surface area contributed by atoms with Crippen molar-refractivity contribution in [1.29, 1.82) is 0 Å². The van der Waals surface area contributed by atoms with Crippen LogP contribution in [0.3, 0.4) is 0 Å². The monoisotopic (exact) mass is 284 g/mol. The highest BCUT2D eigenvalue weighted by Gasteiger charge is 2.14. The van der Waals surface area contributed by atoms with Crippen molar-refractivity contribution in [1.82, 2.24) is 5.32 Å². The molecule has 0 saturated heterocycles. The molecule has 0 bridgehead atoms. The molecule has 1 unspecified atom stereocenters. The van der Waals surface area contributed by atoms with Gasteiger partial charge in [-0.25, -0.2) is 0 Å². The Hall–Kier alpha value is -2.00. The molecule has 0 radical (unpaired) electrons. The Labute approximate surface area is 127 Å². The van der Waals surface area contributed by atoms with Crippen LogP contribution in [0.25, 0.3) is 0 Å². The van der Waals surface area contributed by atoms with Gasteiger partial charge in [0.05, 0.1) is 7.11 Å². The van der Waals surface area contributed by atoms with E-state index in [9.17, 15) is 0 Å². The van der Waals surface area contributed by atoms with E-state index in [1.165, 1.54) is 11.1 Å². The molecule has 0 amide bonds. The number of rotatable bonds is 6. The van der Waals surface area contributed by atoms with Crippen LogP contribution in [0.15, 0.2) is 48.5 Å². The maximum atomic E-state index is 5.30. The van der Waals surface area contributed by atoms with E-state index in [1.807, 2.05) is 19.2 Å². The van der Waals surface area contributed by atoms with Crippen molar-refractivity contribution in [3.05, 3.63) is 59.7 Å². The Morgan fingerprint density at radius 1 is 1.14 bits per heavy atom. The maximum absolute atomic E-state index is 5.30. The van der Waals surface area contributed by atoms with E-state index in [0.717, 1.165) is 18.0 Å². The lowest BCUT2D eigenvalue weighted by Crippen LogP contribution is -2.31. The molecule has 1 N–H and O–H groups in total. The summed E-state index contributed by atoms with van der Waals surface area (Å²) in [6, 6.07) is 17.0. The van der Waals surface area contributed by atoms with E-state index < -0.39 is 0 Å². The molecule has 0 aliphatic heterocycles. The Morgan fingerprint density at radius 2 is 1.90 bits per heavy atom. The van der Waals surface area contributed by atoms with Crippen LogP contribution in [0.4, 0.5) is 5.69 Å². The Kier molecular flexibility index (Phi) is 5.23. The fraction of sp³-hybridized carbons (Fsp3) is 0.333. The summed E-state index contributed by atoms with van der Waals surface area (Å²) in [5, 5.41) is 3.42. The van der Waals surface area contributed by atoms with Crippen molar-refractivity contribution in [3.63, 3.8) is 0 Å². The summed E-state index contributed by atoms with van der Waals surface area (Å²) in [7, 11) is 5.82. The van der Waals surface area contributed by atoms with E-state index in [1.54, 1.807) is 7.11 Å². The standard InChI is InChI=1S/C18H24N2O/c1-14-8-5-6-11-17(14)18(19-2)13-20(3)15-9-7-10-16(12-15)21-4/h5-12,18-19H,13H2,1-4H3. The van der Waals surface area contributed by atoms with Crippen LogP contribution in [-0.2, 0) is 0 Å². The summed E-state index contributed by atoms with van der Waals surface area (Å²) in [4.78, 5) is 2.25. The number of benzene rings is 2. The summed E-state index contributed by atoms with van der Waals surface area (Å²) in [6.07, 6.45) is 0. The molecule has 2 rings (SSSR count). The van der Waals surface area contributed by atoms with Crippen LogP contribution >= 0.6 is 0 Å². The summed E-state index contributed by atoms with van der Waals surface area (Å²) >= 11 is 0. The molecule has 1 atom stereocenters. The molecule has 0 aliphatic rings. The fourth-order valence-corrected chi connectivity index (χ4v) is 2.55. The first-order valence-electron chi connectivity index (χ1n) is 7.23. The normalized spacial score (nSPS) is 12.0. The topological polar surface area (TPSA) is 24.5 Å². The SMILES string of the molecule is CNC(CN(C)c1cccc(OC)c1)c1ccccc1C. The Balaban J connectivity index is 2.16. The van der Waals surface area contributed by atoms with Crippen LogP contribution < -0.4 is 15.0 Å². The molecule has 3 nitrogen and oxygen atoms in total. The summed E-state index contributed by atoms with van der Waals surface area (Å²) in [6.45, 7) is 3.06. The van der Waals surface area contributed by atoms with E-state index >= 15 is 0 Å². The number of nitrogens with zero attached hydrogens (tertiary/aromatic N) is 1. The molecule has 2 aromatic carbocycles. The van der Waals surface area contributed by atoms with Crippen LogP contribution in [0.1, 0.15) is 17.2 Å². The van der Waals surface area contributed by atoms with Gasteiger partial charge in [0.25, 0.3) is 0 Å². The minimum absolute atomic E-state index is 0.294. The van der Waals surface area contributed by atoms with Gasteiger partial charge in [0.15, 0.2) is 0 Å². The highest BCUT2D eigenvalue weighted by atomic mass is 16.5. The Bertz CT molecular complexity index is 583. The van der Waals surface area contributed by atoms with Gasteiger partial charge in [-0.15, -0.1) is 0 Å². The van der Waals surface area contributed by atoms with Crippen molar-refractivity contribution in [2.45, 2.75) is 13.0 Å². The van der Waals surface area contributed by atoms with Crippen molar-refractivity contribution in [2.75, 3.05) is 32.6 Å². The number of methoxy groups -OCH3 is 1. The van der Waals surface area contributed by atoms with Crippen molar-refractivity contribution < 1.29 is 4.74 Å². The summed E-state index contributed by atoms with van der Waals surface area (Å²) in [5.74, 6) is 0.885. The molecule has 0 spiro atoms. The first-order chi connectivity index (χ1) is 10.2. The highest BCUT2D eigenvalue weighted by molar-refractivity contribution is 5.50. The third kappa shape index (κ3) is 3.76. The van der Waals surface area contributed by atoms with Crippen molar-refractivity contribution in [3.8, 4) is 5.75 Å². The smallest absolute Gasteiger partial charge is 0.120 e. The van der Waals surface area contributed by atoms with E-state index in [4.69, 9.17) is 4.74 Å². The average Bonchev–Trinajstić information content (AvgIpc) is 2.53. The van der Waals surface area contributed by atoms with Gasteiger partial charge in [-0.2, -0.15) is 0 Å². The van der Waals surface area contributed by atoms with Gasteiger partial charge in [0.2, 0.25) is 0 Å². The van der Waals surface area contributed by atoms with Gasteiger partial charge in [-0.1, -0.05) is 30.3 Å². The number of ether oxygens (including phenoxy) is 1. The van der Waals surface area contributed by atoms with Gasteiger partial charge in [0, 0.05) is 31.4 Å². The van der Waals surface area contributed by atoms with Crippen LogP contribution in [0.2, 0.25) is 0 Å². The zero-order chi connectivity index (χ0) is 15.2. The maximum Gasteiger partial charge on any atom is 0.120 e. The lowest BCUT2D eigenvalue weighted by atomic mass is 10.0. The third-order valence-electron chi connectivity index (χ3n) is 3.86. The first kappa shape index (κ1) is 15.4. The fourth-order valence-electron chi connectivity index (χ4n) is 2.55. The molecule has 0 fully saturated rings. The Morgan fingerprint density at radius 3 is 2.57 bits per heavy atom. The number of nitrogens with one attached hydrogen (secondary N) is 1. The number of aryl methyl sites for hydroxylation is 1. The van der Waals surface area contributed by atoms with Gasteiger partial charge in [-0.05, 0) is 37.2 Å². The minimum Gasteiger partial charge on any atom is -0.497 e. The van der Waals surface area contributed by atoms with Crippen molar-refractivity contribution in [2.24, 2.45) is 0 Å². The molecule has 112 valence electrons. The first-order valence-corrected chi connectivity index (χ1v) is 7.23. The third-order valence-corrected chi connectivity index (χ3v) is 3.86. The second-order valence-electron chi connectivity index (χ2n) is 5.28. The van der Waals surface area contributed by atoms with Crippen LogP contribution in [0.5, 0.6) is 5.75 Å². The highest BCUT2D eigenvalue weighted by Crippen LogP contribution is 2.23. The van der Waals surface area contributed by atoms with Crippen LogP contribution in [0, 0.1) is 6.92 Å². The molecule has 0 heterocycles. The van der Waals surface area contributed by atoms with E-state index in [-0.39, 0.29) is 0 Å². The van der Waals surface area contributed by atoms with E-state index in [0.29, 0.717) is 6.04 Å². The van der Waals surface area contributed by atoms with Crippen LogP contribution in [-0.4, -0.2) is 27.7 Å². The van der Waals surface area contributed by atoms with Crippen molar-refractivity contribution >= 4 is 5.69 Å².